The van der Waals surface area contributed by atoms with Crippen molar-refractivity contribution in [3.63, 3.8) is 0 Å². The first kappa shape index (κ1) is 19.4. The molecule has 4 nitrogen and oxygen atoms in total. The van der Waals surface area contributed by atoms with Gasteiger partial charge in [0, 0.05) is 19.6 Å². The van der Waals surface area contributed by atoms with E-state index in [4.69, 9.17) is 4.74 Å². The average Bonchev–Trinajstić information content (AvgIpc) is 2.41. The van der Waals surface area contributed by atoms with Crippen molar-refractivity contribution in [1.29, 1.82) is 0 Å². The smallest absolute Gasteiger partial charge is 0.410 e. The number of halogens is 1. The van der Waals surface area contributed by atoms with Gasteiger partial charge in [0.25, 0.3) is 0 Å². The van der Waals surface area contributed by atoms with Crippen LogP contribution in [0.1, 0.15) is 39.7 Å². The zero-order valence-corrected chi connectivity index (χ0v) is 14.9. The first-order valence-corrected chi connectivity index (χ1v) is 8.09. The summed E-state index contributed by atoms with van der Waals surface area (Å²) in [6, 6.07) is 6.93. The molecule has 0 aromatic heterocycles. The maximum absolute atomic E-state index is 13.1. The predicted octanol–water partition coefficient (Wildman–Crippen LogP) is 3.60. The van der Waals surface area contributed by atoms with E-state index in [0.29, 0.717) is 6.54 Å². The Morgan fingerprint density at radius 1 is 1.39 bits per heavy atom. The molecule has 0 bridgehead atoms. The van der Waals surface area contributed by atoms with Crippen LogP contribution in [0, 0.1) is 5.82 Å². The van der Waals surface area contributed by atoms with Crippen molar-refractivity contribution >= 4 is 6.09 Å². The molecule has 0 saturated heterocycles. The van der Waals surface area contributed by atoms with Crippen molar-refractivity contribution in [1.82, 2.24) is 10.2 Å². The fourth-order valence-electron chi connectivity index (χ4n) is 2.19. The minimum Gasteiger partial charge on any atom is -0.444 e. The molecule has 130 valence electrons. The Bertz CT molecular complexity index is 500. The molecule has 0 fully saturated rings. The fourth-order valence-corrected chi connectivity index (χ4v) is 2.19. The number of amides is 1. The molecule has 0 radical (unpaired) electrons. The number of carbonyl (C=O) groups is 1. The molecule has 0 aliphatic rings. The highest BCUT2D eigenvalue weighted by Crippen LogP contribution is 2.09. The molecule has 1 amide bonds. The van der Waals surface area contributed by atoms with Gasteiger partial charge in [0.15, 0.2) is 0 Å². The highest BCUT2D eigenvalue weighted by Gasteiger charge is 2.19. The van der Waals surface area contributed by atoms with Crippen LogP contribution in [0.5, 0.6) is 0 Å². The van der Waals surface area contributed by atoms with Crippen molar-refractivity contribution in [2.45, 2.75) is 52.2 Å². The minimum absolute atomic E-state index is 0.200. The van der Waals surface area contributed by atoms with Crippen molar-refractivity contribution in [2.24, 2.45) is 0 Å². The zero-order valence-electron chi connectivity index (χ0n) is 14.9. The van der Waals surface area contributed by atoms with Crippen LogP contribution in [0.3, 0.4) is 0 Å². The zero-order chi connectivity index (χ0) is 17.5. The standard InChI is InChI=1S/C18H29FN2O2/c1-14(12-15-8-6-9-16(19)13-15)20-10-7-11-21(5)17(22)23-18(2,3)4/h6,8-9,13-14,20H,7,10-12H2,1-5H3. The molecular weight excluding hydrogens is 295 g/mol. The molecule has 1 aromatic carbocycles. The van der Waals surface area contributed by atoms with Gasteiger partial charge < -0.3 is 15.0 Å². The van der Waals surface area contributed by atoms with Crippen molar-refractivity contribution < 1.29 is 13.9 Å². The Morgan fingerprint density at radius 3 is 2.70 bits per heavy atom. The van der Waals surface area contributed by atoms with Gasteiger partial charge in [-0.25, -0.2) is 9.18 Å². The third-order valence-corrected chi connectivity index (χ3v) is 3.30. The van der Waals surface area contributed by atoms with Crippen molar-refractivity contribution in [3.8, 4) is 0 Å². The lowest BCUT2D eigenvalue weighted by atomic mass is 10.1. The SMILES string of the molecule is CC(Cc1cccc(F)c1)NCCCN(C)C(=O)OC(C)(C)C. The minimum atomic E-state index is -0.469. The molecule has 1 N–H and O–H groups in total. The Balaban J connectivity index is 2.22. The first-order valence-electron chi connectivity index (χ1n) is 8.09. The number of carbonyl (C=O) groups excluding carboxylic acids is 1. The summed E-state index contributed by atoms with van der Waals surface area (Å²) < 4.78 is 18.4. The van der Waals surface area contributed by atoms with Gasteiger partial charge in [0.05, 0.1) is 0 Å². The highest BCUT2D eigenvalue weighted by atomic mass is 19.1. The van der Waals surface area contributed by atoms with Crippen LogP contribution in [-0.2, 0) is 11.2 Å². The summed E-state index contributed by atoms with van der Waals surface area (Å²) in [6.07, 6.45) is 1.31. The lowest BCUT2D eigenvalue weighted by Crippen LogP contribution is -2.36. The van der Waals surface area contributed by atoms with Gasteiger partial charge in [0.1, 0.15) is 11.4 Å². The lowest BCUT2D eigenvalue weighted by molar-refractivity contribution is 0.0297. The molecule has 1 aromatic rings. The first-order chi connectivity index (χ1) is 10.7. The topological polar surface area (TPSA) is 41.6 Å². The molecule has 0 saturated carbocycles. The second-order valence-corrected chi connectivity index (χ2v) is 6.94. The number of nitrogens with zero attached hydrogens (tertiary/aromatic N) is 1. The molecule has 0 heterocycles. The van der Waals surface area contributed by atoms with Crippen LogP contribution in [-0.4, -0.2) is 42.8 Å². The summed E-state index contributed by atoms with van der Waals surface area (Å²) >= 11 is 0. The Labute approximate surface area is 139 Å². The van der Waals surface area contributed by atoms with E-state index >= 15 is 0 Å². The second-order valence-electron chi connectivity index (χ2n) is 6.94. The van der Waals surface area contributed by atoms with E-state index in [1.807, 2.05) is 26.8 Å². The van der Waals surface area contributed by atoms with Gasteiger partial charge in [-0.15, -0.1) is 0 Å². The molecule has 1 rings (SSSR count). The third-order valence-electron chi connectivity index (χ3n) is 3.30. The van der Waals surface area contributed by atoms with E-state index in [-0.39, 0.29) is 18.0 Å². The highest BCUT2D eigenvalue weighted by molar-refractivity contribution is 5.67. The van der Waals surface area contributed by atoms with Crippen molar-refractivity contribution in [2.75, 3.05) is 20.1 Å². The van der Waals surface area contributed by atoms with E-state index in [9.17, 15) is 9.18 Å². The van der Waals surface area contributed by atoms with Gasteiger partial charge in [-0.2, -0.15) is 0 Å². The number of rotatable bonds is 7. The van der Waals surface area contributed by atoms with Crippen LogP contribution in [0.4, 0.5) is 9.18 Å². The van der Waals surface area contributed by atoms with Crippen LogP contribution in [0.15, 0.2) is 24.3 Å². The van der Waals surface area contributed by atoms with Gasteiger partial charge in [-0.05, 0) is 64.8 Å². The van der Waals surface area contributed by atoms with Crippen LogP contribution in [0.2, 0.25) is 0 Å². The van der Waals surface area contributed by atoms with E-state index in [1.165, 1.54) is 6.07 Å². The maximum Gasteiger partial charge on any atom is 0.410 e. The van der Waals surface area contributed by atoms with Crippen LogP contribution in [0.25, 0.3) is 0 Å². The van der Waals surface area contributed by atoms with E-state index < -0.39 is 5.60 Å². The largest absolute Gasteiger partial charge is 0.444 e. The van der Waals surface area contributed by atoms with Gasteiger partial charge in [-0.1, -0.05) is 12.1 Å². The Hall–Kier alpha value is -1.62. The monoisotopic (exact) mass is 324 g/mol. The normalized spacial score (nSPS) is 12.8. The number of hydrogen-bond donors (Lipinski definition) is 1. The Kier molecular flexibility index (Phi) is 7.49. The summed E-state index contributed by atoms with van der Waals surface area (Å²) in [4.78, 5) is 13.4. The molecule has 5 heteroatoms. The molecule has 0 spiro atoms. The number of benzene rings is 1. The predicted molar refractivity (Wildman–Crippen MR) is 91.0 cm³/mol. The van der Waals surface area contributed by atoms with Gasteiger partial charge >= 0.3 is 6.09 Å². The summed E-state index contributed by atoms with van der Waals surface area (Å²) in [7, 11) is 1.74. The Morgan fingerprint density at radius 2 is 2.09 bits per heavy atom. The number of nitrogens with one attached hydrogen (secondary N) is 1. The maximum atomic E-state index is 13.1. The fraction of sp³-hybridized carbons (Fsp3) is 0.611. The van der Waals surface area contributed by atoms with Gasteiger partial charge in [0.2, 0.25) is 0 Å². The second kappa shape index (κ2) is 8.87. The van der Waals surface area contributed by atoms with E-state index in [1.54, 1.807) is 24.1 Å². The van der Waals surface area contributed by atoms with Crippen LogP contribution >= 0.6 is 0 Å². The molecular formula is C18H29FN2O2. The number of ether oxygens (including phenoxy) is 1. The molecule has 1 unspecified atom stereocenters. The lowest BCUT2D eigenvalue weighted by Gasteiger charge is -2.24. The average molecular weight is 324 g/mol. The van der Waals surface area contributed by atoms with E-state index in [0.717, 1.165) is 24.9 Å². The molecule has 0 aliphatic carbocycles. The summed E-state index contributed by atoms with van der Waals surface area (Å²) in [6.45, 7) is 9.07. The molecule has 1 atom stereocenters. The van der Waals surface area contributed by atoms with Crippen LogP contribution < -0.4 is 5.32 Å². The summed E-state index contributed by atoms with van der Waals surface area (Å²) in [5.41, 5.74) is 0.513. The third kappa shape index (κ3) is 8.55. The summed E-state index contributed by atoms with van der Waals surface area (Å²) in [5, 5.41) is 3.39. The summed E-state index contributed by atoms with van der Waals surface area (Å²) in [5.74, 6) is -0.200. The van der Waals surface area contributed by atoms with Crippen molar-refractivity contribution in [3.05, 3.63) is 35.6 Å². The quantitative estimate of drug-likeness (QED) is 0.779. The molecule has 23 heavy (non-hydrogen) atoms. The van der Waals surface area contributed by atoms with Gasteiger partial charge in [-0.3, -0.25) is 0 Å². The van der Waals surface area contributed by atoms with E-state index in [2.05, 4.69) is 12.2 Å². The number of hydrogen-bond acceptors (Lipinski definition) is 3. The molecule has 0 aliphatic heterocycles.